The Bertz CT molecular complexity index is 1080. The maximum atomic E-state index is 6.10. The molecule has 9 heteroatoms. The van der Waals surface area contributed by atoms with Crippen molar-refractivity contribution >= 4 is 68.3 Å². The number of para-hydroxylation sites is 1. The van der Waals surface area contributed by atoms with Gasteiger partial charge in [0.2, 0.25) is 0 Å². The minimum Gasteiger partial charge on any atom is -0.306 e. The third kappa shape index (κ3) is 4.49. The van der Waals surface area contributed by atoms with Gasteiger partial charge in [-0.2, -0.15) is 0 Å². The molecule has 0 fully saturated rings. The van der Waals surface area contributed by atoms with Crippen molar-refractivity contribution in [2.24, 2.45) is 0 Å². The Balaban J connectivity index is 1.43. The molecule has 0 aliphatic rings. The third-order valence-electron chi connectivity index (χ3n) is 4.06. The van der Waals surface area contributed by atoms with Crippen molar-refractivity contribution in [1.29, 1.82) is 0 Å². The van der Waals surface area contributed by atoms with Gasteiger partial charge in [-0.3, -0.25) is 0 Å². The lowest BCUT2D eigenvalue weighted by Crippen LogP contribution is -2.02. The summed E-state index contributed by atoms with van der Waals surface area (Å²) >= 11 is 17.2. The molecule has 4 rings (SSSR count). The van der Waals surface area contributed by atoms with Crippen LogP contribution >= 0.6 is 58.1 Å². The van der Waals surface area contributed by atoms with E-state index < -0.39 is 0 Å². The van der Waals surface area contributed by atoms with E-state index in [1.165, 1.54) is 4.70 Å². The number of aromatic nitrogens is 4. The number of halogens is 2. The van der Waals surface area contributed by atoms with E-state index in [1.807, 2.05) is 36.4 Å². The lowest BCUT2D eigenvalue weighted by atomic mass is 10.2. The van der Waals surface area contributed by atoms with Crippen LogP contribution in [0.5, 0.6) is 0 Å². The second-order valence-corrected chi connectivity index (χ2v) is 9.93. The van der Waals surface area contributed by atoms with Gasteiger partial charge in [0.1, 0.15) is 5.82 Å². The van der Waals surface area contributed by atoms with Crippen molar-refractivity contribution in [3.8, 4) is 0 Å². The SMILES string of the molecule is CCn1c(CSc2nc3ccccc3s2)nnc1SCc1ccc(Cl)c(Cl)c1. The fourth-order valence-electron chi connectivity index (χ4n) is 2.67. The van der Waals surface area contributed by atoms with Gasteiger partial charge in [-0.05, 0) is 36.8 Å². The average molecular weight is 467 g/mol. The molecule has 0 amide bonds. The second-order valence-electron chi connectivity index (χ2n) is 5.92. The number of rotatable bonds is 7. The highest BCUT2D eigenvalue weighted by Crippen LogP contribution is 2.32. The molecular weight excluding hydrogens is 451 g/mol. The Morgan fingerprint density at radius 3 is 2.64 bits per heavy atom. The number of benzene rings is 2. The molecule has 0 N–H and O–H groups in total. The first-order valence-corrected chi connectivity index (χ1v) is 12.2. The first-order chi connectivity index (χ1) is 13.6. The van der Waals surface area contributed by atoms with Crippen LogP contribution in [-0.2, 0) is 18.1 Å². The minimum atomic E-state index is 0.571. The highest BCUT2D eigenvalue weighted by molar-refractivity contribution is 8.00. The number of hydrogen-bond donors (Lipinski definition) is 0. The summed E-state index contributed by atoms with van der Waals surface area (Å²) in [5, 5.41) is 10.8. The van der Waals surface area contributed by atoms with Gasteiger partial charge in [-0.1, -0.05) is 64.9 Å². The lowest BCUT2D eigenvalue weighted by molar-refractivity contribution is 0.659. The van der Waals surface area contributed by atoms with Gasteiger partial charge >= 0.3 is 0 Å². The van der Waals surface area contributed by atoms with E-state index in [0.29, 0.717) is 10.0 Å². The van der Waals surface area contributed by atoms with Gasteiger partial charge in [-0.25, -0.2) is 4.98 Å². The first kappa shape index (κ1) is 20.0. The maximum Gasteiger partial charge on any atom is 0.191 e. The molecule has 144 valence electrons. The Morgan fingerprint density at radius 2 is 1.86 bits per heavy atom. The molecule has 28 heavy (non-hydrogen) atoms. The van der Waals surface area contributed by atoms with Crippen LogP contribution in [0.15, 0.2) is 52.0 Å². The smallest absolute Gasteiger partial charge is 0.191 e. The molecule has 0 radical (unpaired) electrons. The summed E-state index contributed by atoms with van der Waals surface area (Å²) in [5.41, 5.74) is 2.15. The molecule has 0 bridgehead atoms. The number of fused-ring (bicyclic) bond motifs is 1. The third-order valence-corrected chi connectivity index (χ3v) is 8.01. The van der Waals surface area contributed by atoms with Crippen molar-refractivity contribution in [3.63, 3.8) is 0 Å². The number of thioether (sulfide) groups is 2. The summed E-state index contributed by atoms with van der Waals surface area (Å²) < 4.78 is 4.42. The summed E-state index contributed by atoms with van der Waals surface area (Å²) in [4.78, 5) is 4.68. The minimum absolute atomic E-state index is 0.571. The Labute approximate surface area is 185 Å². The average Bonchev–Trinajstić information content (AvgIpc) is 3.30. The second kappa shape index (κ2) is 9.05. The summed E-state index contributed by atoms with van der Waals surface area (Å²) in [6.07, 6.45) is 0. The largest absolute Gasteiger partial charge is 0.306 e. The topological polar surface area (TPSA) is 43.6 Å². The van der Waals surface area contributed by atoms with Crippen LogP contribution in [0.2, 0.25) is 10.0 Å². The zero-order chi connectivity index (χ0) is 19.5. The number of thiazole rings is 1. The molecule has 0 spiro atoms. The van der Waals surface area contributed by atoms with E-state index in [4.69, 9.17) is 23.2 Å². The van der Waals surface area contributed by atoms with E-state index in [9.17, 15) is 0 Å². The van der Waals surface area contributed by atoms with E-state index in [1.54, 1.807) is 34.9 Å². The fourth-order valence-corrected chi connectivity index (χ4v) is 5.96. The van der Waals surface area contributed by atoms with E-state index in [-0.39, 0.29) is 0 Å². The monoisotopic (exact) mass is 466 g/mol. The van der Waals surface area contributed by atoms with Crippen LogP contribution in [0.1, 0.15) is 18.3 Å². The van der Waals surface area contributed by atoms with Crippen LogP contribution in [0.3, 0.4) is 0 Å². The van der Waals surface area contributed by atoms with Gasteiger partial charge in [0.05, 0.1) is 26.0 Å². The first-order valence-electron chi connectivity index (χ1n) is 8.61. The zero-order valence-corrected chi connectivity index (χ0v) is 18.9. The summed E-state index contributed by atoms with van der Waals surface area (Å²) in [5.74, 6) is 2.47. The van der Waals surface area contributed by atoms with Crippen molar-refractivity contribution in [2.45, 2.75) is 34.5 Å². The molecule has 4 nitrogen and oxygen atoms in total. The Kier molecular flexibility index (Phi) is 6.48. The molecule has 2 heterocycles. The standard InChI is InChI=1S/C19H16Cl2N4S3/c1-2-25-17(11-27-19-22-15-5-3-4-6-16(15)28-19)23-24-18(25)26-10-12-7-8-13(20)14(21)9-12/h3-9H,2,10-11H2,1H3. The number of hydrogen-bond acceptors (Lipinski definition) is 6. The Morgan fingerprint density at radius 1 is 1.00 bits per heavy atom. The van der Waals surface area contributed by atoms with E-state index >= 15 is 0 Å². The lowest BCUT2D eigenvalue weighted by Gasteiger charge is -2.07. The molecule has 0 aliphatic carbocycles. The van der Waals surface area contributed by atoms with Crippen molar-refractivity contribution in [3.05, 3.63) is 63.9 Å². The van der Waals surface area contributed by atoms with Gasteiger partial charge in [0, 0.05) is 12.3 Å². The summed E-state index contributed by atoms with van der Waals surface area (Å²) in [6, 6.07) is 13.9. The van der Waals surface area contributed by atoms with Gasteiger partial charge in [-0.15, -0.1) is 21.5 Å². The normalized spacial score (nSPS) is 11.4. The molecule has 2 aromatic heterocycles. The van der Waals surface area contributed by atoms with Crippen molar-refractivity contribution < 1.29 is 0 Å². The van der Waals surface area contributed by atoms with Gasteiger partial charge < -0.3 is 4.57 Å². The number of nitrogens with zero attached hydrogens (tertiary/aromatic N) is 4. The molecule has 0 saturated heterocycles. The van der Waals surface area contributed by atoms with Crippen LogP contribution in [0.4, 0.5) is 0 Å². The predicted octanol–water partition coefficient (Wildman–Crippen LogP) is 6.80. The fraction of sp³-hybridized carbons (Fsp3) is 0.211. The van der Waals surface area contributed by atoms with Crippen molar-refractivity contribution in [1.82, 2.24) is 19.7 Å². The predicted molar refractivity (Wildman–Crippen MR) is 121 cm³/mol. The van der Waals surface area contributed by atoms with Gasteiger partial charge in [0.25, 0.3) is 0 Å². The zero-order valence-electron chi connectivity index (χ0n) is 14.9. The van der Waals surface area contributed by atoms with Gasteiger partial charge in [0.15, 0.2) is 9.50 Å². The molecular formula is C19H16Cl2N4S3. The molecule has 0 atom stereocenters. The van der Waals surface area contributed by atoms with Crippen molar-refractivity contribution in [2.75, 3.05) is 0 Å². The summed E-state index contributed by atoms with van der Waals surface area (Å²) in [6.45, 7) is 2.94. The molecule has 0 aliphatic heterocycles. The molecule has 0 unspecified atom stereocenters. The highest BCUT2D eigenvalue weighted by atomic mass is 35.5. The van der Waals surface area contributed by atoms with Crippen LogP contribution in [0.25, 0.3) is 10.2 Å². The van der Waals surface area contributed by atoms with Crippen LogP contribution in [-0.4, -0.2) is 19.7 Å². The van der Waals surface area contributed by atoms with E-state index in [2.05, 4.69) is 32.7 Å². The molecule has 4 aromatic rings. The quantitative estimate of drug-likeness (QED) is 0.280. The summed E-state index contributed by atoms with van der Waals surface area (Å²) in [7, 11) is 0. The Hall–Kier alpha value is -1.25. The van der Waals surface area contributed by atoms with E-state index in [0.717, 1.165) is 44.5 Å². The maximum absolute atomic E-state index is 6.10. The molecule has 2 aromatic carbocycles. The van der Waals surface area contributed by atoms with Crippen LogP contribution in [0, 0.1) is 0 Å². The van der Waals surface area contributed by atoms with Crippen LogP contribution < -0.4 is 0 Å². The molecule has 0 saturated carbocycles. The highest BCUT2D eigenvalue weighted by Gasteiger charge is 2.13.